The van der Waals surface area contributed by atoms with Crippen LogP contribution in [-0.4, -0.2) is 59.3 Å². The van der Waals surface area contributed by atoms with Crippen LogP contribution in [0.5, 0.6) is 0 Å². The smallest absolute Gasteiger partial charge is 0.408 e. The molecule has 162 valence electrons. The Balaban J connectivity index is 1.68. The predicted octanol–water partition coefficient (Wildman–Crippen LogP) is 2.75. The highest BCUT2D eigenvalue weighted by atomic mass is 19.1. The molecule has 3 atom stereocenters. The lowest BCUT2D eigenvalue weighted by molar-refractivity contribution is -0.125. The number of nitrogens with zero attached hydrogens (tertiary/aromatic N) is 2. The van der Waals surface area contributed by atoms with Crippen LogP contribution in [0.3, 0.4) is 0 Å². The Bertz CT molecular complexity index is 841. The standard InChI is InChI=1S/C22H28FN3O4/c1-14(2)11-17(24-21(28)19-12-16(23)13-26(19)22(29)30)7-8-20(27)25-10-9-15-5-3-4-6-18(15)25/h3-8,14,16-17,19H,9-13H2,1-2H3,(H,24,28)(H,29,30)/b8-7+/t16-,17+,19-/m0/s1. The molecule has 0 aromatic heterocycles. The Morgan fingerprint density at radius 1 is 1.30 bits per heavy atom. The molecular weight excluding hydrogens is 389 g/mol. The summed E-state index contributed by atoms with van der Waals surface area (Å²) in [5.41, 5.74) is 2.02. The molecule has 1 fully saturated rings. The van der Waals surface area contributed by atoms with Crippen molar-refractivity contribution in [3.63, 3.8) is 0 Å². The summed E-state index contributed by atoms with van der Waals surface area (Å²) < 4.78 is 13.7. The molecule has 1 aromatic carbocycles. The van der Waals surface area contributed by atoms with Crippen molar-refractivity contribution in [1.29, 1.82) is 0 Å². The minimum atomic E-state index is -1.35. The fourth-order valence-electron chi connectivity index (χ4n) is 4.07. The average Bonchev–Trinajstić information content (AvgIpc) is 3.29. The topological polar surface area (TPSA) is 90.0 Å². The minimum absolute atomic E-state index is 0.153. The van der Waals surface area contributed by atoms with Gasteiger partial charge in [0.15, 0.2) is 0 Å². The van der Waals surface area contributed by atoms with Gasteiger partial charge in [0.05, 0.1) is 6.54 Å². The van der Waals surface area contributed by atoms with Crippen molar-refractivity contribution in [2.24, 2.45) is 5.92 Å². The third kappa shape index (κ3) is 4.98. The van der Waals surface area contributed by atoms with E-state index in [9.17, 15) is 23.9 Å². The van der Waals surface area contributed by atoms with Crippen molar-refractivity contribution in [2.45, 2.75) is 51.4 Å². The van der Waals surface area contributed by atoms with Crippen LogP contribution in [0.4, 0.5) is 14.9 Å². The van der Waals surface area contributed by atoms with E-state index in [-0.39, 0.29) is 24.8 Å². The summed E-state index contributed by atoms with van der Waals surface area (Å²) in [5.74, 6) is -0.470. The highest BCUT2D eigenvalue weighted by Crippen LogP contribution is 2.27. The molecule has 2 aliphatic heterocycles. The van der Waals surface area contributed by atoms with Gasteiger partial charge >= 0.3 is 6.09 Å². The Kier molecular flexibility index (Phi) is 6.74. The lowest BCUT2D eigenvalue weighted by atomic mass is 10.0. The third-order valence-corrected chi connectivity index (χ3v) is 5.48. The van der Waals surface area contributed by atoms with Crippen LogP contribution < -0.4 is 10.2 Å². The fraction of sp³-hybridized carbons (Fsp3) is 0.500. The number of alkyl halides is 1. The van der Waals surface area contributed by atoms with E-state index in [0.717, 1.165) is 22.6 Å². The molecule has 3 rings (SSSR count). The van der Waals surface area contributed by atoms with Crippen LogP contribution in [0.15, 0.2) is 36.4 Å². The summed E-state index contributed by atoms with van der Waals surface area (Å²) in [7, 11) is 0. The number of carboxylic acid groups (broad SMARTS) is 1. The van der Waals surface area contributed by atoms with Crippen LogP contribution in [0.1, 0.15) is 32.3 Å². The zero-order valence-electron chi connectivity index (χ0n) is 17.3. The molecule has 8 heteroatoms. The van der Waals surface area contributed by atoms with Gasteiger partial charge in [-0.2, -0.15) is 0 Å². The number of carbonyl (C=O) groups excluding carboxylic acids is 2. The molecule has 3 amide bonds. The van der Waals surface area contributed by atoms with Crippen LogP contribution >= 0.6 is 0 Å². The van der Waals surface area contributed by atoms with Crippen LogP contribution in [0.2, 0.25) is 0 Å². The number of benzene rings is 1. The molecule has 0 radical (unpaired) electrons. The maximum absolute atomic E-state index is 13.7. The number of hydrogen-bond acceptors (Lipinski definition) is 3. The average molecular weight is 417 g/mol. The monoisotopic (exact) mass is 417 g/mol. The van der Waals surface area contributed by atoms with Gasteiger partial charge in [0.2, 0.25) is 5.91 Å². The third-order valence-electron chi connectivity index (χ3n) is 5.48. The second kappa shape index (κ2) is 9.28. The molecule has 2 N–H and O–H groups in total. The quantitative estimate of drug-likeness (QED) is 0.697. The number of halogens is 1. The van der Waals surface area contributed by atoms with Crippen molar-refractivity contribution >= 4 is 23.6 Å². The Morgan fingerprint density at radius 3 is 2.73 bits per heavy atom. The van der Waals surface area contributed by atoms with Gasteiger partial charge in [0, 0.05) is 30.8 Å². The summed E-state index contributed by atoms with van der Waals surface area (Å²) in [5, 5.41) is 12.0. The zero-order valence-corrected chi connectivity index (χ0v) is 17.3. The van der Waals surface area contributed by atoms with Crippen molar-refractivity contribution in [3.05, 3.63) is 42.0 Å². The van der Waals surface area contributed by atoms with Crippen LogP contribution in [0, 0.1) is 5.92 Å². The fourth-order valence-corrected chi connectivity index (χ4v) is 4.07. The first-order chi connectivity index (χ1) is 14.3. The van der Waals surface area contributed by atoms with E-state index in [2.05, 4.69) is 5.32 Å². The highest BCUT2D eigenvalue weighted by Gasteiger charge is 2.40. The maximum Gasteiger partial charge on any atom is 0.408 e. The molecule has 2 aliphatic rings. The number of rotatable bonds is 6. The molecule has 7 nitrogen and oxygen atoms in total. The molecule has 0 aliphatic carbocycles. The second-order valence-corrected chi connectivity index (χ2v) is 8.26. The van der Waals surface area contributed by atoms with Gasteiger partial charge in [0.25, 0.3) is 5.91 Å². The summed E-state index contributed by atoms with van der Waals surface area (Å²) in [6.45, 7) is 4.28. The summed E-state index contributed by atoms with van der Waals surface area (Å²) in [4.78, 5) is 39.2. The summed E-state index contributed by atoms with van der Waals surface area (Å²) >= 11 is 0. The van der Waals surface area contributed by atoms with Crippen molar-refractivity contribution < 1.29 is 23.9 Å². The van der Waals surface area contributed by atoms with E-state index in [1.54, 1.807) is 11.0 Å². The summed E-state index contributed by atoms with van der Waals surface area (Å²) in [6.07, 6.45) is 1.66. The van der Waals surface area contributed by atoms with Gasteiger partial charge in [-0.25, -0.2) is 9.18 Å². The van der Waals surface area contributed by atoms with Gasteiger partial charge in [0.1, 0.15) is 12.2 Å². The number of anilines is 1. The Morgan fingerprint density at radius 2 is 2.03 bits per heavy atom. The first-order valence-corrected chi connectivity index (χ1v) is 10.3. The van der Waals surface area contributed by atoms with E-state index in [1.807, 2.05) is 38.1 Å². The first kappa shape index (κ1) is 21.8. The zero-order chi connectivity index (χ0) is 21.8. The van der Waals surface area contributed by atoms with Gasteiger partial charge in [-0.1, -0.05) is 38.1 Å². The molecule has 2 heterocycles. The largest absolute Gasteiger partial charge is 0.465 e. The molecule has 1 aromatic rings. The van der Waals surface area contributed by atoms with E-state index in [1.165, 1.54) is 6.08 Å². The molecule has 1 saturated heterocycles. The minimum Gasteiger partial charge on any atom is -0.465 e. The Hall–Kier alpha value is -2.90. The molecule has 0 bridgehead atoms. The molecule has 0 saturated carbocycles. The van der Waals surface area contributed by atoms with Crippen molar-refractivity contribution in [3.8, 4) is 0 Å². The molecule has 30 heavy (non-hydrogen) atoms. The number of para-hydroxylation sites is 1. The number of amides is 3. The van der Waals surface area contributed by atoms with E-state index < -0.39 is 30.3 Å². The van der Waals surface area contributed by atoms with Gasteiger partial charge in [-0.05, 0) is 30.4 Å². The number of fused-ring (bicyclic) bond motifs is 1. The van der Waals surface area contributed by atoms with E-state index >= 15 is 0 Å². The number of likely N-dealkylation sites (tertiary alicyclic amines) is 1. The number of hydrogen-bond donors (Lipinski definition) is 2. The lowest BCUT2D eigenvalue weighted by Gasteiger charge is -2.24. The van der Waals surface area contributed by atoms with Crippen LogP contribution in [-0.2, 0) is 16.0 Å². The van der Waals surface area contributed by atoms with Gasteiger partial charge < -0.3 is 15.3 Å². The second-order valence-electron chi connectivity index (χ2n) is 8.26. The van der Waals surface area contributed by atoms with Gasteiger partial charge in [-0.3, -0.25) is 14.5 Å². The van der Waals surface area contributed by atoms with Crippen LogP contribution in [0.25, 0.3) is 0 Å². The molecule has 0 spiro atoms. The number of nitrogens with one attached hydrogen (secondary N) is 1. The summed E-state index contributed by atoms with van der Waals surface area (Å²) in [6, 6.07) is 6.25. The highest BCUT2D eigenvalue weighted by molar-refractivity contribution is 6.03. The SMILES string of the molecule is CC(C)C[C@@H](/C=C/C(=O)N1CCc2ccccc21)NC(=O)[C@@H]1C[C@H](F)CN1C(=O)O. The number of carbonyl (C=O) groups is 3. The van der Waals surface area contributed by atoms with Gasteiger partial charge in [-0.15, -0.1) is 0 Å². The van der Waals surface area contributed by atoms with Crippen molar-refractivity contribution in [1.82, 2.24) is 10.2 Å². The first-order valence-electron chi connectivity index (χ1n) is 10.3. The van der Waals surface area contributed by atoms with E-state index in [0.29, 0.717) is 13.0 Å². The lowest BCUT2D eigenvalue weighted by Crippen LogP contribution is -2.48. The normalized spacial score (nSPS) is 21.9. The molecular formula is C22H28FN3O4. The predicted molar refractivity (Wildman–Crippen MR) is 111 cm³/mol. The maximum atomic E-state index is 13.7. The Labute approximate surface area is 175 Å². The molecule has 0 unspecified atom stereocenters. The van der Waals surface area contributed by atoms with E-state index in [4.69, 9.17) is 0 Å². The van der Waals surface area contributed by atoms with Crippen molar-refractivity contribution in [2.75, 3.05) is 18.0 Å².